The van der Waals surface area contributed by atoms with Crippen molar-refractivity contribution in [1.82, 2.24) is 19.6 Å². The number of nitrogens with zero attached hydrogens (tertiary/aromatic N) is 4. The van der Waals surface area contributed by atoms with Crippen LogP contribution in [0.4, 0.5) is 0 Å². The predicted octanol–water partition coefficient (Wildman–Crippen LogP) is 1.48. The molecule has 2 N–H and O–H groups in total. The van der Waals surface area contributed by atoms with Crippen LogP contribution in [-0.4, -0.2) is 41.8 Å². The molecule has 1 aliphatic carbocycles. The van der Waals surface area contributed by atoms with E-state index in [1.165, 1.54) is 23.9 Å². The number of ether oxygens (including phenoxy) is 1. The molecule has 0 saturated heterocycles. The van der Waals surface area contributed by atoms with E-state index in [9.17, 15) is 18.0 Å². The summed E-state index contributed by atoms with van der Waals surface area (Å²) in [6.07, 6.45) is 2.33. The molecule has 0 spiro atoms. The molecule has 2 aromatic heterocycles. The summed E-state index contributed by atoms with van der Waals surface area (Å²) in [4.78, 5) is 30.0. The topological polar surface area (TPSA) is 167 Å². The Morgan fingerprint density at radius 3 is 2.59 bits per heavy atom. The van der Waals surface area contributed by atoms with Gasteiger partial charge in [0.25, 0.3) is 11.5 Å². The van der Waals surface area contributed by atoms with Crippen LogP contribution < -0.4 is 20.3 Å². The van der Waals surface area contributed by atoms with Crippen molar-refractivity contribution in [2.75, 3.05) is 13.2 Å². The number of rotatable bonds is 10. The molecule has 0 radical (unpaired) electrons. The van der Waals surface area contributed by atoms with Gasteiger partial charge in [0.15, 0.2) is 0 Å². The maximum atomic E-state index is 13.0. The van der Waals surface area contributed by atoms with E-state index in [0.717, 1.165) is 5.56 Å². The average molecular weight is 521 g/mol. The van der Waals surface area contributed by atoms with Crippen LogP contribution in [0.25, 0.3) is 10.9 Å². The van der Waals surface area contributed by atoms with Crippen LogP contribution >= 0.6 is 0 Å². The Hall–Kier alpha value is -4.26. The molecule has 1 fully saturated rings. The zero-order valence-electron chi connectivity index (χ0n) is 20.0. The van der Waals surface area contributed by atoms with Gasteiger partial charge in [-0.15, -0.1) is 0 Å². The van der Waals surface area contributed by atoms with Crippen LogP contribution in [0, 0.1) is 22.7 Å². The summed E-state index contributed by atoms with van der Waals surface area (Å²) in [5.74, 6) is -0.474. The van der Waals surface area contributed by atoms with Crippen molar-refractivity contribution in [2.24, 2.45) is 7.05 Å². The maximum Gasteiger partial charge on any atom is 0.263 e. The Balaban J connectivity index is 1.53. The molecule has 4 rings (SSSR count). The van der Waals surface area contributed by atoms with Gasteiger partial charge in [0.1, 0.15) is 22.4 Å². The molecular weight excluding hydrogens is 496 g/mol. The zero-order valence-corrected chi connectivity index (χ0v) is 20.8. The highest BCUT2D eigenvalue weighted by Crippen LogP contribution is 2.43. The first-order valence-electron chi connectivity index (χ1n) is 11.5. The van der Waals surface area contributed by atoms with E-state index in [-0.39, 0.29) is 37.6 Å². The highest BCUT2D eigenvalue weighted by atomic mass is 32.2. The number of nitriles is 2. The van der Waals surface area contributed by atoms with Crippen molar-refractivity contribution >= 4 is 26.8 Å². The summed E-state index contributed by atoms with van der Waals surface area (Å²) in [7, 11) is -2.22. The van der Waals surface area contributed by atoms with Crippen LogP contribution in [0.2, 0.25) is 0 Å². The molecule has 12 heteroatoms. The van der Waals surface area contributed by atoms with Gasteiger partial charge in [-0.3, -0.25) is 9.59 Å². The van der Waals surface area contributed by atoms with Crippen LogP contribution in [0.5, 0.6) is 5.88 Å². The van der Waals surface area contributed by atoms with Crippen molar-refractivity contribution in [1.29, 1.82) is 10.5 Å². The smallest absolute Gasteiger partial charge is 0.263 e. The number of hydrogen-bond donors (Lipinski definition) is 2. The third kappa shape index (κ3) is 5.31. The van der Waals surface area contributed by atoms with E-state index >= 15 is 0 Å². The Kier molecular flexibility index (Phi) is 7.25. The Bertz CT molecular complexity index is 1600. The lowest BCUT2D eigenvalue weighted by Crippen LogP contribution is -2.40. The minimum atomic E-state index is -3.71. The fourth-order valence-electron chi connectivity index (χ4n) is 3.87. The maximum absolute atomic E-state index is 13.0. The van der Waals surface area contributed by atoms with E-state index in [0.29, 0.717) is 29.3 Å². The fraction of sp³-hybridized carbons (Fsp3) is 0.320. The molecule has 11 nitrogen and oxygen atoms in total. The predicted molar refractivity (Wildman–Crippen MR) is 134 cm³/mol. The zero-order chi connectivity index (χ0) is 26.6. The van der Waals surface area contributed by atoms with Crippen LogP contribution in [0.15, 0.2) is 47.4 Å². The Labute approximate surface area is 213 Å². The number of hydrogen-bond acceptors (Lipinski definition) is 8. The van der Waals surface area contributed by atoms with Crippen LogP contribution in [-0.2, 0) is 23.6 Å². The minimum Gasteiger partial charge on any atom is -0.474 e. The second kappa shape index (κ2) is 10.4. The van der Waals surface area contributed by atoms with Gasteiger partial charge in [-0.1, -0.05) is 12.1 Å². The van der Waals surface area contributed by atoms with Gasteiger partial charge in [0, 0.05) is 38.1 Å². The van der Waals surface area contributed by atoms with Crippen LogP contribution in [0.1, 0.15) is 40.7 Å². The van der Waals surface area contributed by atoms with Crippen LogP contribution in [0.3, 0.4) is 0 Å². The van der Waals surface area contributed by atoms with Crippen molar-refractivity contribution < 1.29 is 17.9 Å². The first kappa shape index (κ1) is 25.8. The van der Waals surface area contributed by atoms with Gasteiger partial charge in [0.2, 0.25) is 15.9 Å². The number of sulfonamides is 1. The van der Waals surface area contributed by atoms with E-state index in [1.807, 2.05) is 12.1 Å². The summed E-state index contributed by atoms with van der Waals surface area (Å²) in [5, 5.41) is 20.8. The summed E-state index contributed by atoms with van der Waals surface area (Å²) in [6, 6.07) is 13.7. The lowest BCUT2D eigenvalue weighted by atomic mass is 10.1. The van der Waals surface area contributed by atoms with Crippen molar-refractivity contribution in [3.05, 3.63) is 69.6 Å². The van der Waals surface area contributed by atoms with E-state index in [4.69, 9.17) is 15.3 Å². The second-order valence-corrected chi connectivity index (χ2v) is 10.9. The molecular formula is C25H24N6O5S. The van der Waals surface area contributed by atoms with Crippen molar-refractivity contribution in [2.45, 2.75) is 30.6 Å². The van der Waals surface area contributed by atoms with E-state index in [2.05, 4.69) is 15.0 Å². The molecule has 2 heterocycles. The molecule has 3 aromatic rings. The van der Waals surface area contributed by atoms with Gasteiger partial charge in [0.05, 0.1) is 17.7 Å². The third-order valence-corrected chi connectivity index (χ3v) is 8.50. The number of fused-ring (bicyclic) bond motifs is 1. The molecule has 1 amide bonds. The number of pyridine rings is 2. The molecule has 190 valence electrons. The molecule has 1 aliphatic rings. The van der Waals surface area contributed by atoms with E-state index < -0.39 is 26.2 Å². The van der Waals surface area contributed by atoms with Crippen molar-refractivity contribution in [3.63, 3.8) is 0 Å². The first-order valence-corrected chi connectivity index (χ1v) is 12.9. The normalized spacial score (nSPS) is 13.9. The number of benzene rings is 1. The quantitative estimate of drug-likeness (QED) is 0.379. The average Bonchev–Trinajstić information content (AvgIpc) is 3.70. The Morgan fingerprint density at radius 2 is 1.95 bits per heavy atom. The summed E-state index contributed by atoms with van der Waals surface area (Å²) >= 11 is 0. The van der Waals surface area contributed by atoms with Gasteiger partial charge < -0.3 is 14.6 Å². The number of nitrogens with one attached hydrogen (secondary N) is 2. The highest BCUT2D eigenvalue weighted by molar-refractivity contribution is 7.91. The molecule has 0 bridgehead atoms. The summed E-state index contributed by atoms with van der Waals surface area (Å²) in [5.41, 5.74) is 0.988. The first-order chi connectivity index (χ1) is 17.7. The lowest BCUT2D eigenvalue weighted by Gasteiger charge is -2.18. The lowest BCUT2D eigenvalue weighted by molar-refractivity contribution is 0.0949. The molecule has 37 heavy (non-hydrogen) atoms. The molecule has 0 unspecified atom stereocenters. The van der Waals surface area contributed by atoms with Gasteiger partial charge in [-0.05, 0) is 42.7 Å². The van der Waals surface area contributed by atoms with Crippen molar-refractivity contribution in [3.8, 4) is 18.0 Å². The molecule has 0 aliphatic heterocycles. The SMILES string of the molecule is Cn1c(=O)c(C(=O)NCc2ccc(C#N)cc2)cc2ccnc(OCC3(S(=O)(=O)NCCC#N)CC3)c21. The van der Waals surface area contributed by atoms with Gasteiger partial charge >= 0.3 is 0 Å². The summed E-state index contributed by atoms with van der Waals surface area (Å²) < 4.78 is 33.8. The third-order valence-electron chi connectivity index (χ3n) is 6.25. The van der Waals surface area contributed by atoms with Gasteiger partial charge in [-0.2, -0.15) is 10.5 Å². The fourth-order valence-corrected chi connectivity index (χ4v) is 5.40. The monoisotopic (exact) mass is 520 g/mol. The number of amides is 1. The summed E-state index contributed by atoms with van der Waals surface area (Å²) in [6.45, 7) is 0.0367. The number of carbonyl (C=O) groups excluding carboxylic acids is 1. The Morgan fingerprint density at radius 1 is 1.22 bits per heavy atom. The highest BCUT2D eigenvalue weighted by Gasteiger charge is 2.55. The van der Waals surface area contributed by atoms with Gasteiger partial charge in [-0.25, -0.2) is 18.1 Å². The minimum absolute atomic E-state index is 0.0254. The number of aryl methyl sites for hydroxylation is 1. The molecule has 1 aromatic carbocycles. The number of aromatic nitrogens is 2. The molecule has 1 saturated carbocycles. The van der Waals surface area contributed by atoms with E-state index in [1.54, 1.807) is 30.3 Å². The second-order valence-electron chi connectivity index (χ2n) is 8.75. The largest absolute Gasteiger partial charge is 0.474 e. The number of carbonyl (C=O) groups is 1. The molecule has 0 atom stereocenters. The standard InChI is InChI=1S/C25H24N6O5S/c1-31-21-19(13-20(24(31)33)22(32)29-15-18-5-3-17(14-27)4-6-18)7-12-28-23(21)36-16-25(8-9-25)37(34,35)30-11-2-10-26/h3-7,12-13,30H,2,8-9,11,15-16H2,1H3,(H,29,32).